The summed E-state index contributed by atoms with van der Waals surface area (Å²) in [6.07, 6.45) is 2.97. The zero-order chi connectivity index (χ0) is 25.4. The molecule has 0 aliphatic carbocycles. The summed E-state index contributed by atoms with van der Waals surface area (Å²) in [6, 6.07) is 15.8. The van der Waals surface area contributed by atoms with Gasteiger partial charge in [-0.15, -0.1) is 0 Å². The highest BCUT2D eigenvalue weighted by Gasteiger charge is 2.48. The van der Waals surface area contributed by atoms with Crippen molar-refractivity contribution in [1.29, 1.82) is 0 Å². The molecule has 1 N–H and O–H groups in total. The van der Waals surface area contributed by atoms with E-state index in [1.807, 2.05) is 62.4 Å². The van der Waals surface area contributed by atoms with Crippen molar-refractivity contribution in [3.8, 4) is 0 Å². The Morgan fingerprint density at radius 3 is 2.61 bits per heavy atom. The number of nitrogens with one attached hydrogen (secondary N) is 1. The third kappa shape index (κ3) is 3.96. The molecule has 0 saturated carbocycles. The number of nitrogens with zero attached hydrogens (tertiary/aromatic N) is 4. The van der Waals surface area contributed by atoms with E-state index in [0.29, 0.717) is 26.1 Å². The summed E-state index contributed by atoms with van der Waals surface area (Å²) in [4.78, 5) is 48.5. The van der Waals surface area contributed by atoms with Crippen molar-refractivity contribution < 1.29 is 14.4 Å². The number of hydrogen-bond donors (Lipinski definition) is 1. The Bertz CT molecular complexity index is 1330. The number of anilines is 1. The third-order valence-electron chi connectivity index (χ3n) is 7.20. The first-order chi connectivity index (χ1) is 17.3. The number of benzene rings is 2. The largest absolute Gasteiger partial charge is 0.350 e. The van der Waals surface area contributed by atoms with Gasteiger partial charge >= 0.3 is 0 Å². The average molecular weight is 486 g/mol. The summed E-state index contributed by atoms with van der Waals surface area (Å²) in [6.45, 7) is 7.32. The second kappa shape index (κ2) is 9.26. The van der Waals surface area contributed by atoms with Gasteiger partial charge in [0.05, 0.1) is 12.9 Å². The number of para-hydroxylation sites is 1. The van der Waals surface area contributed by atoms with Crippen LogP contribution in [0.2, 0.25) is 0 Å². The Morgan fingerprint density at radius 2 is 1.86 bits per heavy atom. The van der Waals surface area contributed by atoms with Gasteiger partial charge in [0.25, 0.3) is 11.8 Å². The van der Waals surface area contributed by atoms with Crippen LogP contribution < -0.4 is 10.2 Å². The van der Waals surface area contributed by atoms with Gasteiger partial charge in [-0.1, -0.05) is 55.0 Å². The molecule has 3 heterocycles. The zero-order valence-corrected chi connectivity index (χ0v) is 21.0. The Morgan fingerprint density at radius 1 is 1.11 bits per heavy atom. The molecule has 8 heteroatoms. The lowest BCUT2D eigenvalue weighted by Crippen LogP contribution is -2.64. The number of imidazole rings is 1. The normalized spacial score (nSPS) is 18.7. The third-order valence-corrected chi connectivity index (χ3v) is 7.20. The molecule has 1 atom stereocenters. The minimum atomic E-state index is -1.11. The highest BCUT2D eigenvalue weighted by Crippen LogP contribution is 2.32. The molecule has 2 aliphatic rings. The van der Waals surface area contributed by atoms with Gasteiger partial charge < -0.3 is 19.7 Å². The van der Waals surface area contributed by atoms with Crippen LogP contribution in [0.5, 0.6) is 0 Å². The van der Waals surface area contributed by atoms with E-state index < -0.39 is 5.54 Å². The van der Waals surface area contributed by atoms with Crippen LogP contribution in [-0.2, 0) is 24.3 Å². The molecule has 0 saturated heterocycles. The molecule has 1 unspecified atom stereocenters. The summed E-state index contributed by atoms with van der Waals surface area (Å²) >= 11 is 0. The number of rotatable bonds is 6. The quantitative estimate of drug-likeness (QED) is 0.580. The number of carbonyl (C=O) groups excluding carboxylic acids is 3. The molecule has 3 amide bonds. The van der Waals surface area contributed by atoms with Crippen molar-refractivity contribution in [2.24, 2.45) is 0 Å². The van der Waals surface area contributed by atoms with E-state index in [2.05, 4.69) is 10.3 Å². The predicted molar refractivity (Wildman–Crippen MR) is 137 cm³/mol. The fraction of sp³-hybridized carbons (Fsp3) is 0.357. The smallest absolute Gasteiger partial charge is 0.279 e. The van der Waals surface area contributed by atoms with Crippen molar-refractivity contribution in [2.45, 2.75) is 52.2 Å². The topological polar surface area (TPSA) is 87.5 Å². The van der Waals surface area contributed by atoms with E-state index in [1.54, 1.807) is 21.3 Å². The number of aromatic nitrogens is 2. The lowest BCUT2D eigenvalue weighted by molar-refractivity contribution is -0.133. The van der Waals surface area contributed by atoms with Crippen LogP contribution in [0.15, 0.2) is 54.9 Å². The van der Waals surface area contributed by atoms with Crippen LogP contribution in [0, 0.1) is 6.92 Å². The maximum atomic E-state index is 13.8. The Kier molecular flexibility index (Phi) is 6.12. The first kappa shape index (κ1) is 23.8. The van der Waals surface area contributed by atoms with Crippen LogP contribution in [0.25, 0.3) is 0 Å². The van der Waals surface area contributed by atoms with Crippen LogP contribution in [0.4, 0.5) is 5.69 Å². The molecular formula is C28H31N5O3. The molecule has 3 aromatic rings. The average Bonchev–Trinajstić information content (AvgIpc) is 3.50. The van der Waals surface area contributed by atoms with Gasteiger partial charge in [0, 0.05) is 25.3 Å². The first-order valence-corrected chi connectivity index (χ1v) is 12.4. The van der Waals surface area contributed by atoms with Gasteiger partial charge in [-0.05, 0) is 43.9 Å². The molecule has 2 aliphatic heterocycles. The molecule has 0 bridgehead atoms. The lowest BCUT2D eigenvalue weighted by Gasteiger charge is -2.43. The number of fused-ring (bicyclic) bond motifs is 2. The molecule has 0 spiro atoms. The van der Waals surface area contributed by atoms with Gasteiger partial charge in [-0.25, -0.2) is 4.98 Å². The van der Waals surface area contributed by atoms with Crippen LogP contribution in [0.3, 0.4) is 0 Å². The SMILES string of the molecule is CCCN1C(=O)c2c(C(=O)N3CCc4ccccc43)ncn2CC1(C)C(=O)NCc1ccc(C)cc1. The highest BCUT2D eigenvalue weighted by molar-refractivity contribution is 6.13. The second-order valence-corrected chi connectivity index (χ2v) is 9.80. The molecule has 0 radical (unpaired) electrons. The molecule has 8 nitrogen and oxygen atoms in total. The lowest BCUT2D eigenvalue weighted by atomic mass is 9.93. The monoisotopic (exact) mass is 485 g/mol. The predicted octanol–water partition coefficient (Wildman–Crippen LogP) is 3.34. The van der Waals surface area contributed by atoms with E-state index in [1.165, 1.54) is 6.33 Å². The summed E-state index contributed by atoms with van der Waals surface area (Å²) in [7, 11) is 0. The van der Waals surface area contributed by atoms with Crippen LogP contribution >= 0.6 is 0 Å². The zero-order valence-electron chi connectivity index (χ0n) is 21.0. The Balaban J connectivity index is 1.42. The van der Waals surface area contributed by atoms with Crippen LogP contribution in [-0.4, -0.2) is 50.8 Å². The van der Waals surface area contributed by atoms with Crippen molar-refractivity contribution in [3.63, 3.8) is 0 Å². The van der Waals surface area contributed by atoms with E-state index in [9.17, 15) is 14.4 Å². The van der Waals surface area contributed by atoms with Gasteiger partial charge in [0.1, 0.15) is 11.2 Å². The van der Waals surface area contributed by atoms with E-state index in [4.69, 9.17) is 0 Å². The van der Waals surface area contributed by atoms with E-state index in [-0.39, 0.29) is 35.7 Å². The fourth-order valence-electron chi connectivity index (χ4n) is 5.17. The Hall–Kier alpha value is -3.94. The molecule has 5 rings (SSSR count). The Labute approximate surface area is 210 Å². The highest BCUT2D eigenvalue weighted by atomic mass is 16.2. The first-order valence-electron chi connectivity index (χ1n) is 12.4. The molecule has 2 aromatic carbocycles. The molecule has 186 valence electrons. The summed E-state index contributed by atoms with van der Waals surface area (Å²) in [5.41, 5.74) is 3.39. The number of aryl methyl sites for hydroxylation is 1. The summed E-state index contributed by atoms with van der Waals surface area (Å²) in [5.74, 6) is -0.860. The van der Waals surface area contributed by atoms with Gasteiger partial charge in [-0.3, -0.25) is 14.4 Å². The van der Waals surface area contributed by atoms with Gasteiger partial charge in [0.2, 0.25) is 5.91 Å². The van der Waals surface area contributed by atoms with Crippen molar-refractivity contribution in [1.82, 2.24) is 19.8 Å². The summed E-state index contributed by atoms with van der Waals surface area (Å²) < 4.78 is 1.66. The van der Waals surface area contributed by atoms with Crippen molar-refractivity contribution >= 4 is 23.4 Å². The molecule has 1 aromatic heterocycles. The van der Waals surface area contributed by atoms with E-state index in [0.717, 1.165) is 28.8 Å². The second-order valence-electron chi connectivity index (χ2n) is 9.80. The van der Waals surface area contributed by atoms with Crippen molar-refractivity contribution in [3.05, 3.63) is 82.9 Å². The minimum Gasteiger partial charge on any atom is -0.350 e. The van der Waals surface area contributed by atoms with Gasteiger partial charge in [0.15, 0.2) is 5.69 Å². The standard InChI is InChI=1S/C28H31N5O3/c1-4-14-33-26(35)24-23(25(34)32-15-13-21-7-5-6-8-22(21)32)30-18-31(24)17-28(33,3)27(36)29-16-20-11-9-19(2)10-12-20/h5-12,18H,4,13-17H2,1-3H3,(H,29,36). The maximum Gasteiger partial charge on any atom is 0.279 e. The summed E-state index contributed by atoms with van der Waals surface area (Å²) in [5, 5.41) is 3.01. The van der Waals surface area contributed by atoms with Crippen LogP contribution in [0.1, 0.15) is 57.9 Å². The molecule has 0 fully saturated rings. The molecular weight excluding hydrogens is 454 g/mol. The number of carbonyl (C=O) groups is 3. The number of amides is 3. The molecule has 36 heavy (non-hydrogen) atoms. The van der Waals surface area contributed by atoms with Crippen molar-refractivity contribution in [2.75, 3.05) is 18.0 Å². The minimum absolute atomic E-state index is 0.139. The maximum absolute atomic E-state index is 13.8. The van der Waals surface area contributed by atoms with Gasteiger partial charge in [-0.2, -0.15) is 0 Å². The van der Waals surface area contributed by atoms with E-state index >= 15 is 0 Å². The number of hydrogen-bond acceptors (Lipinski definition) is 4. The fourth-order valence-corrected chi connectivity index (χ4v) is 5.17.